The number of carbonyl (C=O) groups is 1. The number of pyridine rings is 2. The lowest BCUT2D eigenvalue weighted by Crippen LogP contribution is -2.34. The molecule has 6 rings (SSSR count). The topological polar surface area (TPSA) is 66.6 Å². The van der Waals surface area contributed by atoms with Crippen LogP contribution in [0.25, 0.3) is 16.8 Å². The van der Waals surface area contributed by atoms with Gasteiger partial charge in [-0.3, -0.25) is 9.78 Å². The lowest BCUT2D eigenvalue weighted by atomic mass is 10.0. The number of hydrogen-bond donors (Lipinski definition) is 0. The molecule has 0 saturated carbocycles. The van der Waals surface area contributed by atoms with Gasteiger partial charge in [0.2, 0.25) is 5.95 Å². The summed E-state index contributed by atoms with van der Waals surface area (Å²) in [5, 5.41) is 0. The van der Waals surface area contributed by atoms with Gasteiger partial charge in [-0.1, -0.05) is 6.07 Å². The van der Waals surface area contributed by atoms with Crippen LogP contribution in [0.1, 0.15) is 27.3 Å². The van der Waals surface area contributed by atoms with E-state index < -0.39 is 11.7 Å². The van der Waals surface area contributed by atoms with Gasteiger partial charge in [0.15, 0.2) is 0 Å². The van der Waals surface area contributed by atoms with Crippen molar-refractivity contribution in [3.63, 3.8) is 0 Å². The zero-order chi connectivity index (χ0) is 25.9. The molecule has 0 aliphatic carbocycles. The quantitative estimate of drug-likeness (QED) is 0.405. The summed E-state index contributed by atoms with van der Waals surface area (Å²) in [4.78, 5) is 31.1. The molecule has 2 aliphatic heterocycles. The molecule has 0 N–H and O–H groups in total. The van der Waals surface area contributed by atoms with Crippen LogP contribution in [0.2, 0.25) is 0 Å². The summed E-state index contributed by atoms with van der Waals surface area (Å²) < 4.78 is 43.2. The van der Waals surface area contributed by atoms with Crippen molar-refractivity contribution in [2.24, 2.45) is 11.8 Å². The Balaban J connectivity index is 1.32. The zero-order valence-corrected chi connectivity index (χ0v) is 20.4. The summed E-state index contributed by atoms with van der Waals surface area (Å²) in [6.45, 7) is 6.42. The first-order valence-corrected chi connectivity index (χ1v) is 12.2. The molecule has 2 saturated heterocycles. The Bertz CT molecular complexity index is 1480. The molecule has 0 radical (unpaired) electrons. The third-order valence-corrected chi connectivity index (χ3v) is 7.29. The van der Waals surface area contributed by atoms with E-state index in [0.29, 0.717) is 24.6 Å². The molecule has 7 nitrogen and oxygen atoms in total. The predicted molar refractivity (Wildman–Crippen MR) is 132 cm³/mol. The number of hydrogen-bond acceptors (Lipinski definition) is 5. The number of fused-ring (bicyclic) bond motifs is 2. The molecule has 2 fully saturated rings. The number of halogens is 3. The number of nitrogens with zero attached hydrogens (tertiary/aromatic N) is 6. The Morgan fingerprint density at radius 1 is 0.973 bits per heavy atom. The van der Waals surface area contributed by atoms with Crippen LogP contribution in [-0.4, -0.2) is 56.3 Å². The minimum atomic E-state index is -4.59. The van der Waals surface area contributed by atoms with Crippen molar-refractivity contribution in [3.05, 3.63) is 77.5 Å². The molecule has 37 heavy (non-hydrogen) atoms. The minimum Gasteiger partial charge on any atom is -0.340 e. The molecule has 4 aromatic rings. The molecule has 0 bridgehead atoms. The highest BCUT2D eigenvalue weighted by atomic mass is 19.4. The first-order chi connectivity index (χ1) is 17.7. The third kappa shape index (κ3) is 4.10. The maximum Gasteiger partial charge on any atom is 0.418 e. The maximum absolute atomic E-state index is 13.9. The summed E-state index contributed by atoms with van der Waals surface area (Å²) in [7, 11) is 0. The third-order valence-electron chi connectivity index (χ3n) is 7.29. The van der Waals surface area contributed by atoms with E-state index in [9.17, 15) is 18.0 Å². The van der Waals surface area contributed by atoms with Crippen LogP contribution in [0, 0.1) is 25.7 Å². The van der Waals surface area contributed by atoms with Gasteiger partial charge >= 0.3 is 6.18 Å². The molecule has 2 aliphatic rings. The van der Waals surface area contributed by atoms with Gasteiger partial charge in [-0.05, 0) is 44.2 Å². The van der Waals surface area contributed by atoms with Crippen LogP contribution in [0.4, 0.5) is 19.1 Å². The molecule has 190 valence electrons. The first-order valence-electron chi connectivity index (χ1n) is 12.2. The van der Waals surface area contributed by atoms with Crippen molar-refractivity contribution in [1.29, 1.82) is 0 Å². The van der Waals surface area contributed by atoms with Gasteiger partial charge in [0.05, 0.1) is 22.3 Å². The van der Waals surface area contributed by atoms with E-state index in [1.165, 1.54) is 12.3 Å². The maximum atomic E-state index is 13.9. The van der Waals surface area contributed by atoms with E-state index in [1.807, 2.05) is 19.9 Å². The number of carbonyl (C=O) groups excluding carboxylic acids is 1. The van der Waals surface area contributed by atoms with Crippen molar-refractivity contribution < 1.29 is 18.0 Å². The van der Waals surface area contributed by atoms with E-state index in [1.54, 1.807) is 39.9 Å². The molecule has 1 amide bonds. The molecule has 0 aromatic carbocycles. The number of amides is 1. The standard InChI is InChI=1S/C27H25F3N6O/c1-16-10-17(2)33-26(32-16)36-13-18-11-35(12-19(18)14-36)25(37)23-20(15-34-9-4-3-7-22(23)34)24-21(27(28,29)30)6-5-8-31-24/h3-10,15,18-19H,11-14H2,1-2H3/t18-,19+. The van der Waals surface area contributed by atoms with E-state index in [4.69, 9.17) is 0 Å². The van der Waals surface area contributed by atoms with Gasteiger partial charge in [-0.2, -0.15) is 13.2 Å². The number of aryl methyl sites for hydroxylation is 2. The summed E-state index contributed by atoms with van der Waals surface area (Å²) in [6.07, 6.45) is 0.0237. The lowest BCUT2D eigenvalue weighted by molar-refractivity contribution is -0.137. The van der Waals surface area contributed by atoms with E-state index >= 15 is 0 Å². The van der Waals surface area contributed by atoms with E-state index in [0.717, 1.165) is 30.5 Å². The largest absolute Gasteiger partial charge is 0.418 e. The van der Waals surface area contributed by atoms with Crippen LogP contribution in [0.3, 0.4) is 0 Å². The van der Waals surface area contributed by atoms with Gasteiger partial charge < -0.3 is 14.2 Å². The normalized spacial score (nSPS) is 19.6. The number of aromatic nitrogens is 4. The highest BCUT2D eigenvalue weighted by molar-refractivity contribution is 6.07. The van der Waals surface area contributed by atoms with Gasteiger partial charge in [-0.25, -0.2) is 9.97 Å². The van der Waals surface area contributed by atoms with Crippen LogP contribution in [0.5, 0.6) is 0 Å². The Labute approximate surface area is 211 Å². The fourth-order valence-electron chi connectivity index (χ4n) is 5.70. The Morgan fingerprint density at radius 3 is 2.35 bits per heavy atom. The van der Waals surface area contributed by atoms with Crippen molar-refractivity contribution in [1.82, 2.24) is 24.3 Å². The molecule has 10 heteroatoms. The Morgan fingerprint density at radius 2 is 1.68 bits per heavy atom. The predicted octanol–water partition coefficient (Wildman–Crippen LogP) is 4.64. The highest BCUT2D eigenvalue weighted by Crippen LogP contribution is 2.40. The molecular weight excluding hydrogens is 481 g/mol. The molecule has 6 heterocycles. The highest BCUT2D eigenvalue weighted by Gasteiger charge is 2.44. The number of likely N-dealkylation sites (tertiary alicyclic amines) is 1. The number of rotatable bonds is 3. The molecule has 0 unspecified atom stereocenters. The molecule has 2 atom stereocenters. The second-order valence-corrected chi connectivity index (χ2v) is 9.89. The fourth-order valence-corrected chi connectivity index (χ4v) is 5.70. The van der Waals surface area contributed by atoms with Crippen molar-refractivity contribution in [2.45, 2.75) is 20.0 Å². The monoisotopic (exact) mass is 506 g/mol. The molecule has 0 spiro atoms. The van der Waals surface area contributed by atoms with Crippen molar-refractivity contribution in [2.75, 3.05) is 31.1 Å². The summed E-state index contributed by atoms with van der Waals surface area (Å²) >= 11 is 0. The minimum absolute atomic E-state index is 0.187. The van der Waals surface area contributed by atoms with Crippen molar-refractivity contribution >= 4 is 17.4 Å². The van der Waals surface area contributed by atoms with E-state index in [2.05, 4.69) is 19.9 Å². The average Bonchev–Trinajstić information content (AvgIpc) is 3.54. The van der Waals surface area contributed by atoms with Crippen molar-refractivity contribution in [3.8, 4) is 11.3 Å². The van der Waals surface area contributed by atoms with Crippen LogP contribution in [-0.2, 0) is 6.18 Å². The van der Waals surface area contributed by atoms with Crippen LogP contribution < -0.4 is 4.90 Å². The Kier molecular flexibility index (Phi) is 5.43. The second-order valence-electron chi connectivity index (χ2n) is 9.89. The lowest BCUT2D eigenvalue weighted by Gasteiger charge is -2.23. The first kappa shape index (κ1) is 23.4. The SMILES string of the molecule is Cc1cc(C)nc(N2C[C@H]3CN(C(=O)c4c(-c5ncccc5C(F)(F)F)cn5ccccc45)C[C@H]3C2)n1. The van der Waals surface area contributed by atoms with E-state index in [-0.39, 0.29) is 34.6 Å². The molecule has 4 aromatic heterocycles. The molecular formula is C27H25F3N6O. The van der Waals surface area contributed by atoms with Gasteiger partial charge in [0.25, 0.3) is 5.91 Å². The van der Waals surface area contributed by atoms with Gasteiger partial charge in [0, 0.05) is 73.6 Å². The van der Waals surface area contributed by atoms with Crippen LogP contribution in [0.15, 0.2) is 55.0 Å². The van der Waals surface area contributed by atoms with Gasteiger partial charge in [0.1, 0.15) is 0 Å². The summed E-state index contributed by atoms with van der Waals surface area (Å²) in [5.41, 5.74) is 1.73. The summed E-state index contributed by atoms with van der Waals surface area (Å²) in [5.74, 6) is 0.920. The second kappa shape index (κ2) is 8.57. The fraction of sp³-hybridized carbons (Fsp3) is 0.333. The average molecular weight is 507 g/mol. The zero-order valence-electron chi connectivity index (χ0n) is 20.4. The summed E-state index contributed by atoms with van der Waals surface area (Å²) in [6, 6.07) is 9.51. The number of anilines is 1. The number of alkyl halides is 3. The smallest absolute Gasteiger partial charge is 0.340 e. The Hall–Kier alpha value is -3.95. The van der Waals surface area contributed by atoms with Crippen LogP contribution >= 0.6 is 0 Å². The van der Waals surface area contributed by atoms with Gasteiger partial charge in [-0.15, -0.1) is 0 Å².